The Morgan fingerprint density at radius 2 is 2.00 bits per heavy atom. The molecule has 1 saturated carbocycles. The van der Waals surface area contributed by atoms with Gasteiger partial charge in [-0.25, -0.2) is 4.79 Å². The monoisotopic (exact) mass is 381 g/mol. The third-order valence-corrected chi connectivity index (χ3v) is 6.06. The van der Waals surface area contributed by atoms with Crippen LogP contribution in [-0.4, -0.2) is 22.1 Å². The Hall–Kier alpha value is -1.66. The zero-order chi connectivity index (χ0) is 19.1. The van der Waals surface area contributed by atoms with Crippen LogP contribution in [0.2, 0.25) is 0 Å². The number of esters is 1. The minimum Gasteiger partial charge on any atom is -0.459 e. The van der Waals surface area contributed by atoms with Crippen LogP contribution >= 0.6 is 11.6 Å². The van der Waals surface area contributed by atoms with Crippen molar-refractivity contribution in [3.05, 3.63) is 39.9 Å². The number of hydrogen-bond donors (Lipinski definition) is 0. The SMILES string of the molecule is CC(C)[C@@H]1CC[C@@H](C)[C@H](OC(=O)[C@@]2(Cl)O[C@H]2c2ccc([N+](=O)[O-])cc2)C1. The fourth-order valence-electron chi connectivity index (χ4n) is 3.64. The molecule has 3 rings (SSSR count). The third kappa shape index (κ3) is 3.71. The van der Waals surface area contributed by atoms with E-state index in [1.807, 2.05) is 0 Å². The van der Waals surface area contributed by atoms with Gasteiger partial charge in [0.05, 0.1) is 4.92 Å². The molecule has 142 valence electrons. The Morgan fingerprint density at radius 1 is 1.35 bits per heavy atom. The summed E-state index contributed by atoms with van der Waals surface area (Å²) in [5.41, 5.74) is 0.604. The van der Waals surface area contributed by atoms with Gasteiger partial charge in [-0.2, -0.15) is 0 Å². The van der Waals surface area contributed by atoms with Crippen molar-refractivity contribution >= 4 is 23.3 Å². The number of alkyl halides is 1. The summed E-state index contributed by atoms with van der Waals surface area (Å²) in [6.07, 6.45) is 2.24. The molecule has 1 aromatic rings. The number of non-ortho nitro benzene ring substituents is 1. The van der Waals surface area contributed by atoms with Gasteiger partial charge in [-0.1, -0.05) is 32.4 Å². The maximum absolute atomic E-state index is 12.6. The first-order valence-electron chi connectivity index (χ1n) is 9.04. The zero-order valence-electron chi connectivity index (χ0n) is 15.2. The van der Waals surface area contributed by atoms with Gasteiger partial charge in [0.2, 0.25) is 0 Å². The van der Waals surface area contributed by atoms with E-state index in [1.165, 1.54) is 12.1 Å². The molecule has 0 amide bonds. The van der Waals surface area contributed by atoms with Crippen molar-refractivity contribution in [3.8, 4) is 0 Å². The predicted molar refractivity (Wildman–Crippen MR) is 96.7 cm³/mol. The summed E-state index contributed by atoms with van der Waals surface area (Å²) in [5, 5.41) is 9.21. The van der Waals surface area contributed by atoms with Crippen LogP contribution in [0.4, 0.5) is 5.69 Å². The van der Waals surface area contributed by atoms with Gasteiger partial charge in [0.25, 0.3) is 10.7 Å². The summed E-state index contributed by atoms with van der Waals surface area (Å²) in [7, 11) is 0. The fraction of sp³-hybridized carbons (Fsp3) is 0.632. The van der Waals surface area contributed by atoms with Gasteiger partial charge < -0.3 is 9.47 Å². The van der Waals surface area contributed by atoms with E-state index in [-0.39, 0.29) is 11.8 Å². The summed E-state index contributed by atoms with van der Waals surface area (Å²) >= 11 is 6.33. The van der Waals surface area contributed by atoms with Crippen LogP contribution in [0, 0.1) is 27.9 Å². The molecule has 0 unspecified atom stereocenters. The van der Waals surface area contributed by atoms with Gasteiger partial charge >= 0.3 is 5.97 Å². The van der Waals surface area contributed by atoms with Gasteiger partial charge in [-0.05, 0) is 54.7 Å². The van der Waals surface area contributed by atoms with Crippen LogP contribution in [0.15, 0.2) is 24.3 Å². The quantitative estimate of drug-likeness (QED) is 0.244. The van der Waals surface area contributed by atoms with E-state index in [0.717, 1.165) is 19.3 Å². The molecule has 26 heavy (non-hydrogen) atoms. The maximum Gasteiger partial charge on any atom is 0.357 e. The molecule has 1 aliphatic carbocycles. The van der Waals surface area contributed by atoms with Gasteiger partial charge in [0.15, 0.2) is 0 Å². The Bertz CT molecular complexity index is 692. The van der Waals surface area contributed by atoms with E-state index >= 15 is 0 Å². The first-order valence-corrected chi connectivity index (χ1v) is 9.42. The zero-order valence-corrected chi connectivity index (χ0v) is 15.9. The fourth-order valence-corrected chi connectivity index (χ4v) is 3.90. The maximum atomic E-state index is 12.6. The number of hydrogen-bond acceptors (Lipinski definition) is 5. The third-order valence-electron chi connectivity index (χ3n) is 5.62. The Labute approximate surface area is 158 Å². The summed E-state index contributed by atoms with van der Waals surface area (Å²) in [5.74, 6) is 0.828. The Kier molecular flexibility index (Phi) is 5.26. The van der Waals surface area contributed by atoms with Crippen LogP contribution in [-0.2, 0) is 14.3 Å². The van der Waals surface area contributed by atoms with Gasteiger partial charge in [-0.3, -0.25) is 10.1 Å². The highest BCUT2D eigenvalue weighted by atomic mass is 35.5. The molecule has 1 heterocycles. The average Bonchev–Trinajstić information content (AvgIpc) is 3.30. The van der Waals surface area contributed by atoms with E-state index in [2.05, 4.69) is 20.8 Å². The number of ether oxygens (including phenoxy) is 2. The van der Waals surface area contributed by atoms with E-state index < -0.39 is 22.1 Å². The van der Waals surface area contributed by atoms with Crippen LogP contribution in [0.3, 0.4) is 0 Å². The van der Waals surface area contributed by atoms with Crippen molar-refractivity contribution < 1.29 is 19.2 Å². The van der Waals surface area contributed by atoms with Crippen molar-refractivity contribution in [2.24, 2.45) is 17.8 Å². The number of carbonyl (C=O) groups is 1. The number of benzene rings is 1. The summed E-state index contributed by atoms with van der Waals surface area (Å²) in [6, 6.07) is 5.85. The molecule has 0 bridgehead atoms. The second kappa shape index (κ2) is 7.16. The smallest absolute Gasteiger partial charge is 0.357 e. The molecule has 2 aliphatic rings. The molecule has 0 radical (unpaired) electrons. The molecule has 0 aromatic heterocycles. The lowest BCUT2D eigenvalue weighted by Gasteiger charge is -2.35. The Morgan fingerprint density at radius 3 is 2.58 bits per heavy atom. The number of halogens is 1. The predicted octanol–water partition coefficient (Wildman–Crippen LogP) is 4.61. The number of epoxide rings is 1. The van der Waals surface area contributed by atoms with E-state index in [0.29, 0.717) is 23.3 Å². The van der Waals surface area contributed by atoms with Gasteiger partial charge in [0.1, 0.15) is 12.2 Å². The van der Waals surface area contributed by atoms with Gasteiger partial charge in [0, 0.05) is 12.1 Å². The van der Waals surface area contributed by atoms with Crippen LogP contribution in [0.1, 0.15) is 51.7 Å². The standard InChI is InChI=1S/C19H24ClNO5/c1-11(2)14-5-4-12(3)16(10-14)25-18(22)19(20)17(26-19)13-6-8-15(9-7-13)21(23)24/h6-9,11-12,14,16-17H,4-5,10H2,1-3H3/t12-,14-,16-,17+,19+/m1/s1. The van der Waals surface area contributed by atoms with Crippen molar-refractivity contribution in [1.82, 2.24) is 0 Å². The molecule has 1 aliphatic heterocycles. The van der Waals surface area contributed by atoms with Crippen molar-refractivity contribution in [2.75, 3.05) is 0 Å². The highest BCUT2D eigenvalue weighted by Gasteiger charge is 2.64. The van der Waals surface area contributed by atoms with Crippen LogP contribution < -0.4 is 0 Å². The molecule has 5 atom stereocenters. The highest BCUT2D eigenvalue weighted by Crippen LogP contribution is 2.54. The lowest BCUT2D eigenvalue weighted by atomic mass is 9.76. The molecular weight excluding hydrogens is 358 g/mol. The normalized spacial score (nSPS) is 33.7. The first kappa shape index (κ1) is 19.1. The summed E-state index contributed by atoms with van der Waals surface area (Å²) in [6.45, 7) is 6.48. The number of carbonyl (C=O) groups excluding carboxylic acids is 1. The lowest BCUT2D eigenvalue weighted by Crippen LogP contribution is -2.36. The summed E-state index contributed by atoms with van der Waals surface area (Å²) in [4.78, 5) is 22.8. The van der Waals surface area contributed by atoms with E-state index in [9.17, 15) is 14.9 Å². The van der Waals surface area contributed by atoms with Crippen LogP contribution in [0.5, 0.6) is 0 Å². The largest absolute Gasteiger partial charge is 0.459 e. The highest BCUT2D eigenvalue weighted by molar-refractivity contribution is 6.35. The average molecular weight is 382 g/mol. The second-order valence-electron chi connectivity index (χ2n) is 7.73. The van der Waals surface area contributed by atoms with E-state index in [4.69, 9.17) is 21.1 Å². The lowest BCUT2D eigenvalue weighted by molar-refractivity contribution is -0.384. The molecule has 2 fully saturated rings. The van der Waals surface area contributed by atoms with Crippen molar-refractivity contribution in [2.45, 2.75) is 57.3 Å². The molecule has 7 heteroatoms. The van der Waals surface area contributed by atoms with Gasteiger partial charge in [-0.15, -0.1) is 0 Å². The number of rotatable bonds is 5. The molecule has 6 nitrogen and oxygen atoms in total. The first-order chi connectivity index (χ1) is 12.2. The van der Waals surface area contributed by atoms with E-state index in [1.54, 1.807) is 12.1 Å². The number of nitrogens with zero attached hydrogens (tertiary/aromatic N) is 1. The minimum atomic E-state index is -1.53. The molecule has 0 spiro atoms. The van der Waals surface area contributed by atoms with Crippen LogP contribution in [0.25, 0.3) is 0 Å². The molecule has 1 aromatic carbocycles. The second-order valence-corrected chi connectivity index (χ2v) is 8.29. The molecule has 0 N–H and O–H groups in total. The molecule has 1 saturated heterocycles. The number of nitro groups is 1. The number of nitro benzene ring substituents is 1. The minimum absolute atomic E-state index is 0.0205. The topological polar surface area (TPSA) is 82.0 Å². The van der Waals surface area contributed by atoms with Crippen molar-refractivity contribution in [1.29, 1.82) is 0 Å². The summed E-state index contributed by atoms with van der Waals surface area (Å²) < 4.78 is 11.1. The van der Waals surface area contributed by atoms with Crippen molar-refractivity contribution in [3.63, 3.8) is 0 Å². The Balaban J connectivity index is 1.64. The molecular formula is C19H24ClNO5.